The molecule has 0 radical (unpaired) electrons. The third-order valence-corrected chi connectivity index (χ3v) is 2.81. The second-order valence-electron chi connectivity index (χ2n) is 3.97. The number of hydrogen-bond acceptors (Lipinski definition) is 3. The van der Waals surface area contributed by atoms with Crippen molar-refractivity contribution in [3.05, 3.63) is 0 Å². The van der Waals surface area contributed by atoms with Crippen LogP contribution in [-0.2, 0) is 14.3 Å². The van der Waals surface area contributed by atoms with Gasteiger partial charge in [-0.05, 0) is 39.5 Å². The van der Waals surface area contributed by atoms with Crippen LogP contribution in [0.25, 0.3) is 0 Å². The predicted octanol–water partition coefficient (Wildman–Crippen LogP) is 2.03. The molecule has 0 heterocycles. The van der Waals surface area contributed by atoms with E-state index in [-0.39, 0.29) is 18.3 Å². The van der Waals surface area contributed by atoms with Gasteiger partial charge in [0, 0.05) is 6.61 Å². The van der Waals surface area contributed by atoms with Gasteiger partial charge < -0.3 is 14.6 Å². The summed E-state index contributed by atoms with van der Waals surface area (Å²) >= 11 is 0. The Balaban J connectivity index is 2.22. The van der Waals surface area contributed by atoms with Crippen LogP contribution in [0.15, 0.2) is 0 Å². The summed E-state index contributed by atoms with van der Waals surface area (Å²) in [6, 6.07) is 0. The fraction of sp³-hybridized carbons (Fsp3) is 0.909. The van der Waals surface area contributed by atoms with Crippen LogP contribution >= 0.6 is 0 Å². The van der Waals surface area contributed by atoms with E-state index in [1.807, 2.05) is 13.8 Å². The third-order valence-electron chi connectivity index (χ3n) is 2.81. The van der Waals surface area contributed by atoms with Crippen molar-refractivity contribution < 1.29 is 19.4 Å². The summed E-state index contributed by atoms with van der Waals surface area (Å²) < 4.78 is 10.9. The van der Waals surface area contributed by atoms with Crippen LogP contribution in [0.1, 0.15) is 39.5 Å². The van der Waals surface area contributed by atoms with Crippen LogP contribution in [0, 0.1) is 5.92 Å². The van der Waals surface area contributed by atoms with E-state index in [9.17, 15) is 4.79 Å². The lowest BCUT2D eigenvalue weighted by atomic mass is 9.87. The summed E-state index contributed by atoms with van der Waals surface area (Å²) in [5.74, 6) is -0.849. The van der Waals surface area contributed by atoms with Crippen molar-refractivity contribution in [2.45, 2.75) is 51.9 Å². The lowest BCUT2D eigenvalue weighted by Crippen LogP contribution is -2.29. The monoisotopic (exact) mass is 216 g/mol. The molecule has 1 atom stereocenters. The minimum atomic E-state index is -0.675. The predicted molar refractivity (Wildman–Crippen MR) is 55.6 cm³/mol. The van der Waals surface area contributed by atoms with Gasteiger partial charge in [-0.2, -0.15) is 0 Å². The van der Waals surface area contributed by atoms with Crippen molar-refractivity contribution in [2.75, 3.05) is 6.61 Å². The van der Waals surface area contributed by atoms with Gasteiger partial charge in [-0.25, -0.2) is 0 Å². The number of carbonyl (C=O) groups is 1. The molecule has 0 aromatic rings. The molecule has 1 fully saturated rings. The highest BCUT2D eigenvalue weighted by Crippen LogP contribution is 2.27. The first kappa shape index (κ1) is 12.5. The molecular weight excluding hydrogens is 196 g/mol. The third kappa shape index (κ3) is 4.18. The molecule has 0 aromatic heterocycles. The van der Waals surface area contributed by atoms with Crippen LogP contribution in [0.4, 0.5) is 0 Å². The number of carboxylic acids is 1. The summed E-state index contributed by atoms with van der Waals surface area (Å²) in [7, 11) is 0. The van der Waals surface area contributed by atoms with E-state index in [1.165, 1.54) is 0 Å². The number of carboxylic acid groups (broad SMARTS) is 1. The van der Waals surface area contributed by atoms with Crippen LogP contribution in [0.3, 0.4) is 0 Å². The molecule has 0 spiro atoms. The molecule has 1 aliphatic carbocycles. The zero-order valence-electron chi connectivity index (χ0n) is 9.44. The molecule has 88 valence electrons. The molecule has 15 heavy (non-hydrogen) atoms. The Bertz CT molecular complexity index is 197. The Morgan fingerprint density at radius 2 is 2.00 bits per heavy atom. The van der Waals surface area contributed by atoms with E-state index in [1.54, 1.807) is 0 Å². The Hall–Kier alpha value is -0.610. The maximum atomic E-state index is 10.7. The lowest BCUT2D eigenvalue weighted by Gasteiger charge is -2.28. The molecule has 0 aromatic carbocycles. The molecule has 4 nitrogen and oxygen atoms in total. The number of rotatable bonds is 5. The van der Waals surface area contributed by atoms with Gasteiger partial charge in [0.05, 0.1) is 12.0 Å². The van der Waals surface area contributed by atoms with Crippen LogP contribution in [0.2, 0.25) is 0 Å². The molecule has 1 N–H and O–H groups in total. The molecule has 1 unspecified atom stereocenters. The van der Waals surface area contributed by atoms with Gasteiger partial charge in [0.1, 0.15) is 0 Å². The van der Waals surface area contributed by atoms with Gasteiger partial charge in [0.25, 0.3) is 0 Å². The molecule has 1 rings (SSSR count). The van der Waals surface area contributed by atoms with Crippen LogP contribution in [0.5, 0.6) is 0 Å². The quantitative estimate of drug-likeness (QED) is 0.714. The second-order valence-corrected chi connectivity index (χ2v) is 3.97. The van der Waals surface area contributed by atoms with Gasteiger partial charge in [-0.15, -0.1) is 0 Å². The average Bonchev–Trinajstić information content (AvgIpc) is 2.18. The molecule has 4 heteroatoms. The van der Waals surface area contributed by atoms with Gasteiger partial charge in [0.15, 0.2) is 6.29 Å². The van der Waals surface area contributed by atoms with E-state index in [2.05, 4.69) is 0 Å². The number of aliphatic carboxylic acids is 1. The first-order chi connectivity index (χ1) is 7.13. The van der Waals surface area contributed by atoms with Crippen molar-refractivity contribution in [3.8, 4) is 0 Å². The molecule has 0 saturated heterocycles. The molecular formula is C11H20O4. The Labute approximate surface area is 90.6 Å². The SMILES string of the molecule is CCOC(C)OC1CCC(C(=O)O)CC1. The van der Waals surface area contributed by atoms with Crippen molar-refractivity contribution in [1.29, 1.82) is 0 Å². The smallest absolute Gasteiger partial charge is 0.306 e. The van der Waals surface area contributed by atoms with E-state index >= 15 is 0 Å². The Morgan fingerprint density at radius 1 is 1.40 bits per heavy atom. The molecule has 0 bridgehead atoms. The second kappa shape index (κ2) is 6.08. The normalized spacial score (nSPS) is 28.7. The van der Waals surface area contributed by atoms with Crippen LogP contribution in [-0.4, -0.2) is 30.1 Å². The van der Waals surface area contributed by atoms with Crippen molar-refractivity contribution in [3.63, 3.8) is 0 Å². The fourth-order valence-electron chi connectivity index (χ4n) is 1.99. The summed E-state index contributed by atoms with van der Waals surface area (Å²) in [4.78, 5) is 10.7. The van der Waals surface area contributed by atoms with Crippen molar-refractivity contribution in [1.82, 2.24) is 0 Å². The lowest BCUT2D eigenvalue weighted by molar-refractivity contribution is -0.168. The highest BCUT2D eigenvalue weighted by Gasteiger charge is 2.27. The molecule has 0 aliphatic heterocycles. The zero-order chi connectivity index (χ0) is 11.3. The minimum Gasteiger partial charge on any atom is -0.481 e. The topological polar surface area (TPSA) is 55.8 Å². The largest absolute Gasteiger partial charge is 0.481 e. The van der Waals surface area contributed by atoms with E-state index in [0.29, 0.717) is 6.61 Å². The van der Waals surface area contributed by atoms with Gasteiger partial charge in [-0.3, -0.25) is 4.79 Å². The van der Waals surface area contributed by atoms with Gasteiger partial charge >= 0.3 is 5.97 Å². The van der Waals surface area contributed by atoms with Gasteiger partial charge in [0.2, 0.25) is 0 Å². The van der Waals surface area contributed by atoms with Crippen LogP contribution < -0.4 is 0 Å². The zero-order valence-corrected chi connectivity index (χ0v) is 9.44. The van der Waals surface area contributed by atoms with E-state index < -0.39 is 5.97 Å². The first-order valence-electron chi connectivity index (χ1n) is 5.63. The highest BCUT2D eigenvalue weighted by molar-refractivity contribution is 5.69. The molecule has 0 amide bonds. The van der Waals surface area contributed by atoms with Crippen molar-refractivity contribution in [2.24, 2.45) is 5.92 Å². The Kier molecular flexibility index (Phi) is 5.05. The minimum absolute atomic E-state index is 0.169. The summed E-state index contributed by atoms with van der Waals surface area (Å²) in [5, 5.41) is 8.83. The maximum absolute atomic E-state index is 10.7. The molecule has 1 saturated carbocycles. The number of hydrogen-bond donors (Lipinski definition) is 1. The van der Waals surface area contributed by atoms with Crippen molar-refractivity contribution >= 4 is 5.97 Å². The summed E-state index contributed by atoms with van der Waals surface area (Å²) in [5.41, 5.74) is 0. The summed E-state index contributed by atoms with van der Waals surface area (Å²) in [6.07, 6.45) is 3.09. The summed E-state index contributed by atoms with van der Waals surface area (Å²) in [6.45, 7) is 4.46. The standard InChI is InChI=1S/C11H20O4/c1-3-14-8(2)15-10-6-4-9(5-7-10)11(12)13/h8-10H,3-7H2,1-2H3,(H,12,13). The average molecular weight is 216 g/mol. The highest BCUT2D eigenvalue weighted by atomic mass is 16.7. The van der Waals surface area contributed by atoms with Gasteiger partial charge in [-0.1, -0.05) is 0 Å². The Morgan fingerprint density at radius 3 is 2.47 bits per heavy atom. The van der Waals surface area contributed by atoms with E-state index in [4.69, 9.17) is 14.6 Å². The molecule has 1 aliphatic rings. The number of ether oxygens (including phenoxy) is 2. The maximum Gasteiger partial charge on any atom is 0.306 e. The fourth-order valence-corrected chi connectivity index (χ4v) is 1.99. The van der Waals surface area contributed by atoms with E-state index in [0.717, 1.165) is 25.7 Å². The first-order valence-corrected chi connectivity index (χ1v) is 5.63.